The summed E-state index contributed by atoms with van der Waals surface area (Å²) in [6.07, 6.45) is 1.78. The zero-order chi connectivity index (χ0) is 26.5. The van der Waals surface area contributed by atoms with E-state index in [2.05, 4.69) is 21.2 Å². The molecule has 36 heavy (non-hydrogen) atoms. The highest BCUT2D eigenvalue weighted by Gasteiger charge is 2.31. The number of hydrogen-bond donors (Lipinski definition) is 1. The van der Waals surface area contributed by atoms with Gasteiger partial charge in [-0.3, -0.25) is 13.9 Å². The number of rotatable bonds is 10. The van der Waals surface area contributed by atoms with E-state index in [1.54, 1.807) is 25.1 Å². The largest absolute Gasteiger partial charge is 0.486 e. The number of halogens is 1. The minimum absolute atomic E-state index is 0.0620. The molecule has 2 aromatic carbocycles. The van der Waals surface area contributed by atoms with Crippen molar-refractivity contribution in [3.63, 3.8) is 0 Å². The Balaban J connectivity index is 1.91. The number of benzene rings is 2. The van der Waals surface area contributed by atoms with Crippen molar-refractivity contribution < 1.29 is 27.5 Å². The highest BCUT2D eigenvalue weighted by atomic mass is 79.9. The Hall–Kier alpha value is -2.79. The Morgan fingerprint density at radius 2 is 1.78 bits per heavy atom. The molecule has 1 aliphatic heterocycles. The predicted octanol–water partition coefficient (Wildman–Crippen LogP) is 3.32. The van der Waals surface area contributed by atoms with Gasteiger partial charge in [-0.2, -0.15) is 0 Å². The molecule has 196 valence electrons. The Bertz CT molecular complexity index is 1210. The number of sulfonamides is 1. The Labute approximate surface area is 220 Å². The lowest BCUT2D eigenvalue weighted by molar-refractivity contribution is -0.139. The van der Waals surface area contributed by atoms with Crippen LogP contribution >= 0.6 is 15.9 Å². The van der Waals surface area contributed by atoms with Crippen molar-refractivity contribution in [3.05, 3.63) is 52.5 Å². The maximum Gasteiger partial charge on any atom is 0.244 e. The van der Waals surface area contributed by atoms with Crippen LogP contribution in [0.3, 0.4) is 0 Å². The highest BCUT2D eigenvalue weighted by Crippen LogP contribution is 2.34. The third-order valence-corrected chi connectivity index (χ3v) is 7.54. The van der Waals surface area contributed by atoms with E-state index in [0.717, 1.165) is 27.0 Å². The Morgan fingerprint density at radius 1 is 1.08 bits per heavy atom. The molecule has 0 saturated heterocycles. The fraction of sp³-hybridized carbons (Fsp3) is 0.440. The summed E-state index contributed by atoms with van der Waals surface area (Å²) >= 11 is 3.43. The van der Waals surface area contributed by atoms with Crippen molar-refractivity contribution in [3.8, 4) is 11.5 Å². The minimum atomic E-state index is -3.84. The number of anilines is 1. The number of carbonyl (C=O) groups excluding carboxylic acids is 2. The molecule has 0 radical (unpaired) electrons. The standard InChI is InChI=1S/C25H32BrN3O6S/c1-5-17(2)27-25(31)18(3)28(15-19-7-6-8-20(26)13-19)24(30)16-29(36(4,32)33)21-9-10-22-23(14-21)35-12-11-34-22/h6-10,13-14,17-18H,5,11-12,15-16H2,1-4H3,(H,27,31)/t17-,18+/m0/s1. The quantitative estimate of drug-likeness (QED) is 0.461. The molecule has 0 spiro atoms. The van der Waals surface area contributed by atoms with E-state index < -0.39 is 28.5 Å². The zero-order valence-electron chi connectivity index (χ0n) is 20.9. The number of carbonyl (C=O) groups is 2. The van der Waals surface area contributed by atoms with E-state index >= 15 is 0 Å². The van der Waals surface area contributed by atoms with Crippen LogP contribution in [0.4, 0.5) is 5.69 Å². The third kappa shape index (κ3) is 7.13. The summed E-state index contributed by atoms with van der Waals surface area (Å²) in [5.41, 5.74) is 1.07. The molecule has 1 N–H and O–H groups in total. The first kappa shape index (κ1) is 27.8. The number of fused-ring (bicyclic) bond motifs is 1. The highest BCUT2D eigenvalue weighted by molar-refractivity contribution is 9.10. The second-order valence-corrected chi connectivity index (χ2v) is 11.6. The first-order chi connectivity index (χ1) is 17.0. The second kappa shape index (κ2) is 12.0. The molecule has 0 aromatic heterocycles. The molecule has 11 heteroatoms. The molecule has 9 nitrogen and oxygen atoms in total. The molecule has 0 unspecified atom stereocenters. The zero-order valence-corrected chi connectivity index (χ0v) is 23.3. The summed E-state index contributed by atoms with van der Waals surface area (Å²) < 4.78 is 38.4. The number of amides is 2. The first-order valence-electron chi connectivity index (χ1n) is 11.7. The lowest BCUT2D eigenvalue weighted by atomic mass is 10.1. The molecule has 1 aliphatic rings. The molecule has 0 fully saturated rings. The fourth-order valence-electron chi connectivity index (χ4n) is 3.68. The van der Waals surface area contributed by atoms with Crippen molar-refractivity contribution in [2.45, 2.75) is 45.8 Å². The van der Waals surface area contributed by atoms with Gasteiger partial charge in [-0.25, -0.2) is 8.42 Å². The van der Waals surface area contributed by atoms with Gasteiger partial charge in [0.1, 0.15) is 25.8 Å². The fourth-order valence-corrected chi connectivity index (χ4v) is 4.97. The van der Waals surface area contributed by atoms with Crippen molar-refractivity contribution >= 4 is 43.5 Å². The van der Waals surface area contributed by atoms with Crippen LogP contribution in [0.5, 0.6) is 11.5 Å². The van der Waals surface area contributed by atoms with Gasteiger partial charge < -0.3 is 19.7 Å². The van der Waals surface area contributed by atoms with Gasteiger partial charge >= 0.3 is 0 Å². The lowest BCUT2D eigenvalue weighted by Gasteiger charge is -2.32. The molecule has 2 atom stereocenters. The molecule has 0 bridgehead atoms. The van der Waals surface area contributed by atoms with Crippen LogP contribution in [0.25, 0.3) is 0 Å². The molecular formula is C25H32BrN3O6S. The van der Waals surface area contributed by atoms with E-state index in [9.17, 15) is 18.0 Å². The predicted molar refractivity (Wildman–Crippen MR) is 142 cm³/mol. The minimum Gasteiger partial charge on any atom is -0.486 e. The van der Waals surface area contributed by atoms with Gasteiger partial charge in [0.2, 0.25) is 21.8 Å². The first-order valence-corrected chi connectivity index (χ1v) is 14.4. The molecule has 1 heterocycles. The molecule has 0 saturated carbocycles. The lowest BCUT2D eigenvalue weighted by Crippen LogP contribution is -2.52. The second-order valence-electron chi connectivity index (χ2n) is 8.74. The molecule has 0 aliphatic carbocycles. The summed E-state index contributed by atoms with van der Waals surface area (Å²) in [6.45, 7) is 5.89. The van der Waals surface area contributed by atoms with Crippen LogP contribution in [-0.4, -0.2) is 63.2 Å². The van der Waals surface area contributed by atoms with E-state index in [1.165, 1.54) is 4.90 Å². The summed E-state index contributed by atoms with van der Waals surface area (Å²) in [5, 5.41) is 2.91. The average molecular weight is 583 g/mol. The van der Waals surface area contributed by atoms with Crippen LogP contribution in [0.2, 0.25) is 0 Å². The van der Waals surface area contributed by atoms with E-state index in [0.29, 0.717) is 24.7 Å². The number of nitrogens with one attached hydrogen (secondary N) is 1. The maximum atomic E-state index is 13.6. The van der Waals surface area contributed by atoms with Gasteiger partial charge in [0, 0.05) is 23.1 Å². The summed E-state index contributed by atoms with van der Waals surface area (Å²) in [4.78, 5) is 28.0. The topological polar surface area (TPSA) is 105 Å². The van der Waals surface area contributed by atoms with E-state index in [4.69, 9.17) is 9.47 Å². The Morgan fingerprint density at radius 3 is 2.42 bits per heavy atom. The molecule has 2 amide bonds. The average Bonchev–Trinajstić information content (AvgIpc) is 2.84. The summed E-state index contributed by atoms with van der Waals surface area (Å²) in [7, 11) is -3.84. The van der Waals surface area contributed by atoms with Gasteiger partial charge in [-0.15, -0.1) is 0 Å². The van der Waals surface area contributed by atoms with Crippen molar-refractivity contribution in [1.29, 1.82) is 0 Å². The van der Waals surface area contributed by atoms with Crippen molar-refractivity contribution in [2.24, 2.45) is 0 Å². The SMILES string of the molecule is CC[C@H](C)NC(=O)[C@@H](C)N(Cc1cccc(Br)c1)C(=O)CN(c1ccc2c(c1)OCCO2)S(C)(=O)=O. The Kier molecular flexibility index (Phi) is 9.24. The summed E-state index contributed by atoms with van der Waals surface area (Å²) in [6, 6.07) is 11.2. The van der Waals surface area contributed by atoms with Crippen molar-refractivity contribution in [1.82, 2.24) is 10.2 Å². The van der Waals surface area contributed by atoms with Crippen LogP contribution < -0.4 is 19.1 Å². The van der Waals surface area contributed by atoms with E-state index in [-0.39, 0.29) is 24.2 Å². The number of nitrogens with zero attached hydrogens (tertiary/aromatic N) is 2. The van der Waals surface area contributed by atoms with Gasteiger partial charge in [-0.05, 0) is 50.1 Å². The van der Waals surface area contributed by atoms with Gasteiger partial charge in [0.05, 0.1) is 11.9 Å². The van der Waals surface area contributed by atoms with Crippen molar-refractivity contribution in [2.75, 3.05) is 30.3 Å². The molecular weight excluding hydrogens is 550 g/mol. The van der Waals surface area contributed by atoms with Gasteiger partial charge in [-0.1, -0.05) is 35.0 Å². The maximum absolute atomic E-state index is 13.6. The van der Waals surface area contributed by atoms with Crippen LogP contribution in [0.15, 0.2) is 46.9 Å². The molecule has 2 aromatic rings. The van der Waals surface area contributed by atoms with Crippen LogP contribution in [0, 0.1) is 0 Å². The van der Waals surface area contributed by atoms with E-state index in [1.807, 2.05) is 38.1 Å². The van der Waals surface area contributed by atoms with Crippen LogP contribution in [0.1, 0.15) is 32.8 Å². The van der Waals surface area contributed by atoms with Gasteiger partial charge in [0.25, 0.3) is 0 Å². The van der Waals surface area contributed by atoms with Gasteiger partial charge in [0.15, 0.2) is 11.5 Å². The van der Waals surface area contributed by atoms with Crippen LogP contribution in [-0.2, 0) is 26.2 Å². The molecule has 3 rings (SSSR count). The number of ether oxygens (including phenoxy) is 2. The summed E-state index contributed by atoms with van der Waals surface area (Å²) in [5.74, 6) is 0.101. The number of hydrogen-bond acceptors (Lipinski definition) is 6. The smallest absolute Gasteiger partial charge is 0.244 e. The normalized spacial score (nSPS) is 14.5. The monoisotopic (exact) mass is 581 g/mol. The third-order valence-electron chi connectivity index (χ3n) is 5.90.